The van der Waals surface area contributed by atoms with Gasteiger partial charge in [0.05, 0.1) is 24.7 Å². The third-order valence-electron chi connectivity index (χ3n) is 4.57. The molecule has 0 bridgehead atoms. The van der Waals surface area contributed by atoms with E-state index in [-0.39, 0.29) is 12.6 Å². The smallest absolute Gasteiger partial charge is 0.410 e. The molecule has 2 aliphatic rings. The number of cyclic esters (lactones) is 1. The Bertz CT molecular complexity index is 658. The van der Waals surface area contributed by atoms with E-state index in [2.05, 4.69) is 5.32 Å². The Morgan fingerprint density at radius 3 is 2.69 bits per heavy atom. The van der Waals surface area contributed by atoms with E-state index in [1.54, 1.807) is 20.8 Å². The molecule has 2 amide bonds. The van der Waals surface area contributed by atoms with E-state index in [1.165, 1.54) is 4.90 Å². The van der Waals surface area contributed by atoms with E-state index < -0.39 is 36.0 Å². The molecule has 4 atom stereocenters. The van der Waals surface area contributed by atoms with Crippen molar-refractivity contribution in [2.45, 2.75) is 63.5 Å². The maximum atomic E-state index is 12.6. The lowest BCUT2D eigenvalue weighted by Gasteiger charge is -2.32. The lowest BCUT2D eigenvalue weighted by molar-refractivity contribution is 0.00480. The summed E-state index contributed by atoms with van der Waals surface area (Å²) in [6, 6.07) is 9.08. The van der Waals surface area contributed by atoms with Crippen LogP contribution in [0.4, 0.5) is 9.59 Å². The van der Waals surface area contributed by atoms with Gasteiger partial charge >= 0.3 is 12.2 Å². The number of likely N-dealkylation sites (tertiary alicyclic amines) is 1. The number of hydrogen-bond acceptors (Lipinski definition) is 5. The number of nitrogens with one attached hydrogen (secondary N) is 1. The maximum Gasteiger partial charge on any atom is 0.410 e. The average molecular weight is 362 g/mol. The van der Waals surface area contributed by atoms with Gasteiger partial charge in [-0.25, -0.2) is 9.59 Å². The predicted octanol–water partition coefficient (Wildman–Crippen LogP) is 2.08. The number of amides is 2. The molecule has 0 spiro atoms. The number of rotatable bonds is 3. The summed E-state index contributed by atoms with van der Waals surface area (Å²) < 4.78 is 10.9. The third-order valence-corrected chi connectivity index (χ3v) is 4.57. The minimum atomic E-state index is -0.663. The van der Waals surface area contributed by atoms with Crippen LogP contribution in [0.1, 0.15) is 32.8 Å². The SMILES string of the molecule is CC(C)(C)OC(=O)N1CC(O)CC1[C@H]1OC(=O)N[C@H]1Cc1ccccc1. The van der Waals surface area contributed by atoms with E-state index in [1.807, 2.05) is 30.3 Å². The highest BCUT2D eigenvalue weighted by Gasteiger charge is 2.48. The standard InChI is InChI=1S/C19H26N2O5/c1-19(2,3)26-18(24)21-11-13(22)10-15(21)16-14(20-17(23)25-16)9-12-7-5-4-6-8-12/h4-8,13-16,22H,9-11H2,1-3H3,(H,20,23)/t13?,14-,15?,16-/m0/s1. The van der Waals surface area contributed by atoms with Crippen molar-refractivity contribution >= 4 is 12.2 Å². The van der Waals surface area contributed by atoms with Gasteiger partial charge in [-0.15, -0.1) is 0 Å². The molecule has 2 fully saturated rings. The Morgan fingerprint density at radius 2 is 2.04 bits per heavy atom. The van der Waals surface area contributed by atoms with Crippen molar-refractivity contribution in [1.29, 1.82) is 0 Å². The summed E-state index contributed by atoms with van der Waals surface area (Å²) in [6.45, 7) is 5.55. The highest BCUT2D eigenvalue weighted by molar-refractivity contribution is 5.72. The number of aliphatic hydroxyl groups excluding tert-OH is 1. The minimum Gasteiger partial charge on any atom is -0.444 e. The van der Waals surface area contributed by atoms with Crippen LogP contribution in [0.5, 0.6) is 0 Å². The molecule has 26 heavy (non-hydrogen) atoms. The molecule has 7 nitrogen and oxygen atoms in total. The van der Waals surface area contributed by atoms with Crippen LogP contribution in [0, 0.1) is 0 Å². The predicted molar refractivity (Wildman–Crippen MR) is 94.7 cm³/mol. The van der Waals surface area contributed by atoms with E-state index >= 15 is 0 Å². The van der Waals surface area contributed by atoms with E-state index in [0.29, 0.717) is 12.8 Å². The topological polar surface area (TPSA) is 88.1 Å². The van der Waals surface area contributed by atoms with Crippen LogP contribution in [-0.4, -0.2) is 58.6 Å². The number of carbonyl (C=O) groups excluding carboxylic acids is 2. The van der Waals surface area contributed by atoms with Gasteiger partial charge < -0.3 is 19.9 Å². The first-order valence-corrected chi connectivity index (χ1v) is 8.92. The number of ether oxygens (including phenoxy) is 2. The number of benzene rings is 1. The lowest BCUT2D eigenvalue weighted by atomic mass is 9.95. The van der Waals surface area contributed by atoms with Gasteiger partial charge in [0.1, 0.15) is 11.7 Å². The molecule has 2 saturated heterocycles. The average Bonchev–Trinajstić information content (AvgIpc) is 3.09. The van der Waals surface area contributed by atoms with Gasteiger partial charge in [0.2, 0.25) is 0 Å². The van der Waals surface area contributed by atoms with Gasteiger partial charge in [-0.3, -0.25) is 4.90 Å². The van der Waals surface area contributed by atoms with Crippen molar-refractivity contribution in [3.8, 4) is 0 Å². The zero-order valence-electron chi connectivity index (χ0n) is 15.3. The molecule has 0 aromatic heterocycles. The summed E-state index contributed by atoms with van der Waals surface area (Å²) in [4.78, 5) is 25.9. The van der Waals surface area contributed by atoms with Crippen molar-refractivity contribution in [1.82, 2.24) is 10.2 Å². The summed E-state index contributed by atoms with van der Waals surface area (Å²) in [5, 5.41) is 12.9. The second-order valence-corrected chi connectivity index (χ2v) is 7.90. The molecule has 3 rings (SSSR count). The third kappa shape index (κ3) is 4.27. The number of carbonyl (C=O) groups is 2. The highest BCUT2D eigenvalue weighted by atomic mass is 16.6. The van der Waals surface area contributed by atoms with E-state index in [0.717, 1.165) is 5.56 Å². The molecule has 0 saturated carbocycles. The molecule has 2 heterocycles. The zero-order valence-corrected chi connectivity index (χ0v) is 15.3. The second kappa shape index (κ2) is 7.15. The number of β-amino-alcohol motifs (C(OH)–C–C–N with tert-alkyl or cyclic N) is 1. The Kier molecular flexibility index (Phi) is 5.09. The Labute approximate surface area is 153 Å². The fraction of sp³-hybridized carbons (Fsp3) is 0.579. The number of aliphatic hydroxyl groups is 1. The molecular formula is C19H26N2O5. The van der Waals surface area contributed by atoms with Crippen LogP contribution in [0.25, 0.3) is 0 Å². The van der Waals surface area contributed by atoms with Crippen molar-refractivity contribution in [2.24, 2.45) is 0 Å². The van der Waals surface area contributed by atoms with Crippen LogP contribution in [-0.2, 0) is 15.9 Å². The summed E-state index contributed by atoms with van der Waals surface area (Å²) in [5.41, 5.74) is 0.430. The molecule has 2 aliphatic heterocycles. The van der Waals surface area contributed by atoms with Gasteiger partial charge in [-0.1, -0.05) is 30.3 Å². The van der Waals surface area contributed by atoms with Crippen LogP contribution in [0.3, 0.4) is 0 Å². The van der Waals surface area contributed by atoms with Crippen molar-refractivity contribution < 1.29 is 24.2 Å². The summed E-state index contributed by atoms with van der Waals surface area (Å²) in [6.07, 6.45) is -1.26. The molecule has 0 aliphatic carbocycles. The van der Waals surface area contributed by atoms with Crippen LogP contribution >= 0.6 is 0 Å². The first kappa shape index (κ1) is 18.5. The molecule has 2 N–H and O–H groups in total. The van der Waals surface area contributed by atoms with Crippen LogP contribution in [0.15, 0.2) is 30.3 Å². The van der Waals surface area contributed by atoms with Crippen molar-refractivity contribution in [2.75, 3.05) is 6.54 Å². The summed E-state index contributed by atoms with van der Waals surface area (Å²) in [7, 11) is 0. The second-order valence-electron chi connectivity index (χ2n) is 7.90. The fourth-order valence-electron chi connectivity index (χ4n) is 3.54. The normalized spacial score (nSPS) is 28.6. The number of nitrogens with zero attached hydrogens (tertiary/aromatic N) is 1. The van der Waals surface area contributed by atoms with Gasteiger partial charge in [0, 0.05) is 0 Å². The van der Waals surface area contributed by atoms with E-state index in [4.69, 9.17) is 9.47 Å². The van der Waals surface area contributed by atoms with E-state index in [9.17, 15) is 14.7 Å². The number of hydrogen-bond donors (Lipinski definition) is 2. The summed E-state index contributed by atoms with van der Waals surface area (Å²) >= 11 is 0. The van der Waals surface area contributed by atoms with Crippen molar-refractivity contribution in [3.63, 3.8) is 0 Å². The highest BCUT2D eigenvalue weighted by Crippen LogP contribution is 2.29. The van der Waals surface area contributed by atoms with Crippen LogP contribution in [0.2, 0.25) is 0 Å². The molecule has 2 unspecified atom stereocenters. The largest absolute Gasteiger partial charge is 0.444 e. The first-order valence-electron chi connectivity index (χ1n) is 8.92. The molecule has 1 aromatic carbocycles. The maximum absolute atomic E-state index is 12.6. The molecular weight excluding hydrogens is 336 g/mol. The fourth-order valence-corrected chi connectivity index (χ4v) is 3.54. The minimum absolute atomic E-state index is 0.172. The molecule has 0 radical (unpaired) electrons. The molecule has 1 aromatic rings. The quantitative estimate of drug-likeness (QED) is 0.859. The van der Waals surface area contributed by atoms with Crippen LogP contribution < -0.4 is 5.32 Å². The van der Waals surface area contributed by atoms with Gasteiger partial charge in [-0.2, -0.15) is 0 Å². The van der Waals surface area contributed by atoms with Gasteiger partial charge in [-0.05, 0) is 39.2 Å². The Hall–Kier alpha value is -2.28. The van der Waals surface area contributed by atoms with Crippen molar-refractivity contribution in [3.05, 3.63) is 35.9 Å². The monoisotopic (exact) mass is 362 g/mol. The Morgan fingerprint density at radius 1 is 1.35 bits per heavy atom. The molecule has 142 valence electrons. The Balaban J connectivity index is 1.77. The number of alkyl carbamates (subject to hydrolysis) is 1. The lowest BCUT2D eigenvalue weighted by Crippen LogP contribution is -2.50. The molecule has 7 heteroatoms. The first-order chi connectivity index (χ1) is 12.2. The van der Waals surface area contributed by atoms with Gasteiger partial charge in [0.15, 0.2) is 0 Å². The summed E-state index contributed by atoms with van der Waals surface area (Å²) in [5.74, 6) is 0. The van der Waals surface area contributed by atoms with Gasteiger partial charge in [0.25, 0.3) is 0 Å². The zero-order chi connectivity index (χ0) is 18.9.